The number of anilines is 2. The Balaban J connectivity index is 1.78. The Labute approximate surface area is 171 Å². The first-order valence-electron chi connectivity index (χ1n) is 9.58. The van der Waals surface area contributed by atoms with Crippen LogP contribution in [0.2, 0.25) is 0 Å². The van der Waals surface area contributed by atoms with E-state index in [1.165, 1.54) is 4.31 Å². The van der Waals surface area contributed by atoms with Crippen LogP contribution in [0.15, 0.2) is 48.5 Å². The number of carbonyl (C=O) groups excluding carboxylic acids is 2. The van der Waals surface area contributed by atoms with Crippen molar-refractivity contribution in [3.05, 3.63) is 59.7 Å². The predicted molar refractivity (Wildman–Crippen MR) is 114 cm³/mol. The lowest BCUT2D eigenvalue weighted by Crippen LogP contribution is -2.29. The molecule has 0 unspecified atom stereocenters. The predicted octanol–water partition coefficient (Wildman–Crippen LogP) is 2.96. The minimum atomic E-state index is -3.38. The molecule has 2 aromatic carbocycles. The summed E-state index contributed by atoms with van der Waals surface area (Å²) in [7, 11) is -3.38. The van der Waals surface area contributed by atoms with Crippen molar-refractivity contribution in [1.29, 1.82) is 0 Å². The van der Waals surface area contributed by atoms with Gasteiger partial charge in [-0.05, 0) is 56.2 Å². The first kappa shape index (κ1) is 20.9. The van der Waals surface area contributed by atoms with E-state index < -0.39 is 10.0 Å². The van der Waals surface area contributed by atoms with E-state index >= 15 is 0 Å². The lowest BCUT2D eigenvalue weighted by molar-refractivity contribution is 0.0794. The summed E-state index contributed by atoms with van der Waals surface area (Å²) in [4.78, 5) is 27.2. The van der Waals surface area contributed by atoms with Crippen LogP contribution in [0.5, 0.6) is 0 Å². The third kappa shape index (κ3) is 4.76. The average Bonchev–Trinajstić information content (AvgIpc) is 3.22. The standard InChI is InChI=1S/C21H25N3O4S/c1-3-24(29(2,27)28)17-12-10-16(11-13-17)20(25)22-19-9-5-4-8-18(19)21(26)23-14-6-7-15-23/h4-5,8-13H,3,6-7,14-15H2,1-2H3,(H,22,25). The second-order valence-corrected chi connectivity index (χ2v) is 8.88. The second-order valence-electron chi connectivity index (χ2n) is 6.97. The number of para-hydroxylation sites is 1. The zero-order valence-electron chi connectivity index (χ0n) is 16.6. The minimum absolute atomic E-state index is 0.0829. The monoisotopic (exact) mass is 415 g/mol. The van der Waals surface area contributed by atoms with Gasteiger partial charge in [-0.3, -0.25) is 13.9 Å². The molecule has 154 valence electrons. The molecule has 0 aliphatic carbocycles. The summed E-state index contributed by atoms with van der Waals surface area (Å²) in [5, 5.41) is 2.81. The number of nitrogens with zero attached hydrogens (tertiary/aromatic N) is 2. The van der Waals surface area contributed by atoms with Gasteiger partial charge in [-0.2, -0.15) is 0 Å². The molecule has 1 aliphatic rings. The number of sulfonamides is 1. The molecule has 0 aromatic heterocycles. The first-order chi connectivity index (χ1) is 13.8. The van der Waals surface area contributed by atoms with Crippen LogP contribution in [0.25, 0.3) is 0 Å². The fourth-order valence-electron chi connectivity index (χ4n) is 3.45. The van der Waals surface area contributed by atoms with Crippen molar-refractivity contribution in [1.82, 2.24) is 4.90 Å². The maximum absolute atomic E-state index is 12.7. The molecule has 2 amide bonds. The summed E-state index contributed by atoms with van der Waals surface area (Å²) in [6.07, 6.45) is 3.13. The Bertz CT molecular complexity index is 997. The number of hydrogen-bond acceptors (Lipinski definition) is 4. The van der Waals surface area contributed by atoms with Gasteiger partial charge in [0.1, 0.15) is 0 Å². The molecule has 1 fully saturated rings. The quantitative estimate of drug-likeness (QED) is 0.786. The highest BCUT2D eigenvalue weighted by Crippen LogP contribution is 2.22. The van der Waals surface area contributed by atoms with Gasteiger partial charge in [0.15, 0.2) is 0 Å². The van der Waals surface area contributed by atoms with Gasteiger partial charge in [-0.1, -0.05) is 12.1 Å². The SMILES string of the molecule is CCN(c1ccc(C(=O)Nc2ccccc2C(=O)N2CCCC2)cc1)S(C)(=O)=O. The van der Waals surface area contributed by atoms with E-state index in [0.717, 1.165) is 32.2 Å². The third-order valence-electron chi connectivity index (χ3n) is 4.90. The molecule has 7 nitrogen and oxygen atoms in total. The smallest absolute Gasteiger partial charge is 0.255 e. The van der Waals surface area contributed by atoms with Gasteiger partial charge in [0, 0.05) is 25.2 Å². The van der Waals surface area contributed by atoms with Crippen molar-refractivity contribution in [2.75, 3.05) is 35.5 Å². The van der Waals surface area contributed by atoms with E-state index in [1.807, 2.05) is 0 Å². The normalized spacial score (nSPS) is 13.9. The van der Waals surface area contributed by atoms with E-state index in [4.69, 9.17) is 0 Å². The molecule has 1 saturated heterocycles. The summed E-state index contributed by atoms with van der Waals surface area (Å²) in [6.45, 7) is 3.51. The van der Waals surface area contributed by atoms with E-state index in [0.29, 0.717) is 29.0 Å². The number of hydrogen-bond donors (Lipinski definition) is 1. The molecule has 0 bridgehead atoms. The van der Waals surface area contributed by atoms with Crippen LogP contribution < -0.4 is 9.62 Å². The summed E-state index contributed by atoms with van der Waals surface area (Å²) in [6, 6.07) is 13.3. The molecule has 2 aromatic rings. The average molecular weight is 416 g/mol. The minimum Gasteiger partial charge on any atom is -0.339 e. The van der Waals surface area contributed by atoms with Crippen LogP contribution in [0.1, 0.15) is 40.5 Å². The van der Waals surface area contributed by atoms with Gasteiger partial charge in [-0.15, -0.1) is 0 Å². The van der Waals surface area contributed by atoms with Gasteiger partial charge in [0.05, 0.1) is 23.2 Å². The van der Waals surface area contributed by atoms with E-state index in [2.05, 4.69) is 5.32 Å². The Hall–Kier alpha value is -2.87. The van der Waals surface area contributed by atoms with Crippen LogP contribution in [-0.2, 0) is 10.0 Å². The fraction of sp³-hybridized carbons (Fsp3) is 0.333. The van der Waals surface area contributed by atoms with Crippen molar-refractivity contribution in [2.24, 2.45) is 0 Å². The molecule has 0 atom stereocenters. The Morgan fingerprint density at radius 1 is 1.03 bits per heavy atom. The Kier molecular flexibility index (Phi) is 6.22. The summed E-state index contributed by atoms with van der Waals surface area (Å²) in [5.74, 6) is -0.443. The van der Waals surface area contributed by atoms with Crippen LogP contribution in [0.3, 0.4) is 0 Å². The van der Waals surface area contributed by atoms with Crippen molar-refractivity contribution >= 4 is 33.2 Å². The number of carbonyl (C=O) groups is 2. The lowest BCUT2D eigenvalue weighted by Gasteiger charge is -2.20. The molecule has 8 heteroatoms. The van der Waals surface area contributed by atoms with Crippen LogP contribution in [0.4, 0.5) is 11.4 Å². The van der Waals surface area contributed by atoms with Crippen molar-refractivity contribution in [3.63, 3.8) is 0 Å². The maximum Gasteiger partial charge on any atom is 0.255 e. The zero-order valence-corrected chi connectivity index (χ0v) is 17.4. The largest absolute Gasteiger partial charge is 0.339 e. The summed E-state index contributed by atoms with van der Waals surface area (Å²) < 4.78 is 25.0. The highest BCUT2D eigenvalue weighted by molar-refractivity contribution is 7.92. The van der Waals surface area contributed by atoms with Gasteiger partial charge in [-0.25, -0.2) is 8.42 Å². The van der Waals surface area contributed by atoms with Crippen LogP contribution in [0, 0.1) is 0 Å². The zero-order chi connectivity index (χ0) is 21.0. The summed E-state index contributed by atoms with van der Waals surface area (Å²) in [5.41, 5.74) is 1.80. The van der Waals surface area contributed by atoms with E-state index in [1.54, 1.807) is 60.4 Å². The second kappa shape index (κ2) is 8.65. The fourth-order valence-corrected chi connectivity index (χ4v) is 4.42. The van der Waals surface area contributed by atoms with Crippen LogP contribution in [-0.4, -0.2) is 51.0 Å². The highest BCUT2D eigenvalue weighted by Gasteiger charge is 2.22. The number of benzene rings is 2. The topological polar surface area (TPSA) is 86.8 Å². The van der Waals surface area contributed by atoms with Crippen molar-refractivity contribution < 1.29 is 18.0 Å². The van der Waals surface area contributed by atoms with E-state index in [9.17, 15) is 18.0 Å². The molecule has 29 heavy (non-hydrogen) atoms. The highest BCUT2D eigenvalue weighted by atomic mass is 32.2. The third-order valence-corrected chi connectivity index (χ3v) is 6.17. The molecule has 1 heterocycles. The summed E-state index contributed by atoms with van der Waals surface area (Å²) >= 11 is 0. The Morgan fingerprint density at radius 3 is 2.24 bits per heavy atom. The van der Waals surface area contributed by atoms with Gasteiger partial charge in [0.2, 0.25) is 10.0 Å². The molecular weight excluding hydrogens is 390 g/mol. The number of rotatable bonds is 6. The number of likely N-dealkylation sites (tertiary alicyclic amines) is 1. The van der Waals surface area contributed by atoms with Gasteiger partial charge in [0.25, 0.3) is 11.8 Å². The molecule has 3 rings (SSSR count). The van der Waals surface area contributed by atoms with Gasteiger partial charge < -0.3 is 10.2 Å². The molecule has 0 spiro atoms. The molecule has 0 saturated carbocycles. The van der Waals surface area contributed by atoms with Crippen molar-refractivity contribution in [3.8, 4) is 0 Å². The molecule has 0 radical (unpaired) electrons. The molecule has 1 aliphatic heterocycles. The van der Waals surface area contributed by atoms with Crippen LogP contribution >= 0.6 is 0 Å². The Morgan fingerprint density at radius 2 is 1.66 bits per heavy atom. The number of nitrogens with one attached hydrogen (secondary N) is 1. The number of amides is 2. The van der Waals surface area contributed by atoms with Crippen molar-refractivity contribution in [2.45, 2.75) is 19.8 Å². The lowest BCUT2D eigenvalue weighted by atomic mass is 10.1. The molecule has 1 N–H and O–H groups in total. The first-order valence-corrected chi connectivity index (χ1v) is 11.4. The molecular formula is C21H25N3O4S. The van der Waals surface area contributed by atoms with E-state index in [-0.39, 0.29) is 11.8 Å². The van der Waals surface area contributed by atoms with Gasteiger partial charge >= 0.3 is 0 Å². The maximum atomic E-state index is 12.7.